The van der Waals surface area contributed by atoms with Gasteiger partial charge in [0.15, 0.2) is 6.61 Å². The van der Waals surface area contributed by atoms with E-state index in [1.807, 2.05) is 38.1 Å². The predicted molar refractivity (Wildman–Crippen MR) is 111 cm³/mol. The number of methoxy groups -OCH3 is 1. The Hall–Kier alpha value is -3.19. The minimum absolute atomic E-state index is 0.105. The molecule has 7 heteroatoms. The third kappa shape index (κ3) is 5.20. The van der Waals surface area contributed by atoms with E-state index in [9.17, 15) is 9.59 Å². The van der Waals surface area contributed by atoms with Crippen LogP contribution in [0.25, 0.3) is 10.9 Å². The number of nitrogens with one attached hydrogen (secondary N) is 1. The van der Waals surface area contributed by atoms with Gasteiger partial charge in [-0.05, 0) is 43.2 Å². The first-order valence-corrected chi connectivity index (χ1v) is 9.42. The SMILES string of the molecule is COCCN(Cc1nc2ccccc2c(=O)[nH]1)C(=O)COc1cc(C)ccc1C. The fraction of sp³-hybridized carbons (Fsp3) is 0.318. The van der Waals surface area contributed by atoms with Crippen LogP contribution in [0.15, 0.2) is 47.3 Å². The molecule has 152 valence electrons. The van der Waals surface area contributed by atoms with Crippen molar-refractivity contribution in [3.05, 3.63) is 69.8 Å². The second-order valence-electron chi connectivity index (χ2n) is 6.90. The van der Waals surface area contributed by atoms with E-state index in [1.165, 1.54) is 0 Å². The molecule has 3 aromatic rings. The van der Waals surface area contributed by atoms with E-state index in [-0.39, 0.29) is 24.6 Å². The highest BCUT2D eigenvalue weighted by Gasteiger charge is 2.17. The molecule has 2 aromatic carbocycles. The van der Waals surface area contributed by atoms with Crippen LogP contribution in [0.1, 0.15) is 17.0 Å². The number of nitrogens with zero attached hydrogens (tertiary/aromatic N) is 2. The monoisotopic (exact) mass is 395 g/mol. The molecule has 1 N–H and O–H groups in total. The van der Waals surface area contributed by atoms with Crippen molar-refractivity contribution in [2.75, 3.05) is 26.9 Å². The van der Waals surface area contributed by atoms with Gasteiger partial charge in [0.2, 0.25) is 0 Å². The molecule has 0 saturated carbocycles. The Bertz CT molecular complexity index is 1060. The van der Waals surface area contributed by atoms with Crippen molar-refractivity contribution in [3.63, 3.8) is 0 Å². The molecule has 29 heavy (non-hydrogen) atoms. The highest BCUT2D eigenvalue weighted by molar-refractivity contribution is 5.78. The van der Waals surface area contributed by atoms with Crippen molar-refractivity contribution >= 4 is 16.8 Å². The van der Waals surface area contributed by atoms with E-state index in [2.05, 4.69) is 9.97 Å². The standard InChI is InChI=1S/C22H25N3O4/c1-15-8-9-16(2)19(12-15)29-14-21(26)25(10-11-28-3)13-20-23-18-7-5-4-6-17(18)22(27)24-20/h4-9,12H,10-11,13-14H2,1-3H3,(H,23,24,27). The Labute approximate surface area is 169 Å². The van der Waals surface area contributed by atoms with E-state index >= 15 is 0 Å². The van der Waals surface area contributed by atoms with Crippen molar-refractivity contribution in [3.8, 4) is 5.75 Å². The maximum absolute atomic E-state index is 12.8. The number of aryl methyl sites for hydroxylation is 2. The molecule has 0 saturated heterocycles. The first-order chi connectivity index (χ1) is 14.0. The quantitative estimate of drug-likeness (QED) is 0.634. The molecule has 3 rings (SSSR count). The van der Waals surface area contributed by atoms with Crippen LogP contribution >= 0.6 is 0 Å². The van der Waals surface area contributed by atoms with Gasteiger partial charge in [0, 0.05) is 13.7 Å². The van der Waals surface area contributed by atoms with Gasteiger partial charge in [-0.25, -0.2) is 4.98 Å². The minimum Gasteiger partial charge on any atom is -0.483 e. The van der Waals surface area contributed by atoms with Crippen LogP contribution in [0, 0.1) is 13.8 Å². The first-order valence-electron chi connectivity index (χ1n) is 9.42. The van der Waals surface area contributed by atoms with E-state index in [0.717, 1.165) is 11.1 Å². The number of H-pyrrole nitrogens is 1. The fourth-order valence-corrected chi connectivity index (χ4v) is 2.98. The number of fused-ring (bicyclic) bond motifs is 1. The number of aromatic amines is 1. The smallest absolute Gasteiger partial charge is 0.260 e. The fourth-order valence-electron chi connectivity index (χ4n) is 2.98. The van der Waals surface area contributed by atoms with Crippen molar-refractivity contribution in [1.29, 1.82) is 0 Å². The second-order valence-corrected chi connectivity index (χ2v) is 6.90. The van der Waals surface area contributed by atoms with Crippen LogP contribution in [-0.2, 0) is 16.1 Å². The number of rotatable bonds is 8. The average molecular weight is 395 g/mol. The van der Waals surface area contributed by atoms with Crippen molar-refractivity contribution in [2.24, 2.45) is 0 Å². The number of amides is 1. The molecule has 0 bridgehead atoms. The molecule has 0 spiro atoms. The number of hydrogen-bond donors (Lipinski definition) is 1. The molecule has 0 aliphatic heterocycles. The lowest BCUT2D eigenvalue weighted by Gasteiger charge is -2.22. The highest BCUT2D eigenvalue weighted by atomic mass is 16.5. The topological polar surface area (TPSA) is 84.5 Å². The summed E-state index contributed by atoms with van der Waals surface area (Å²) < 4.78 is 10.9. The molecule has 0 atom stereocenters. The molecular formula is C22H25N3O4. The van der Waals surface area contributed by atoms with Gasteiger partial charge in [0.25, 0.3) is 11.5 Å². The number of carbonyl (C=O) groups excluding carboxylic acids is 1. The van der Waals surface area contributed by atoms with Gasteiger partial charge in [-0.3, -0.25) is 9.59 Å². The predicted octanol–water partition coefficient (Wildman–Crippen LogP) is 2.59. The molecule has 0 radical (unpaired) electrons. The van der Waals surface area contributed by atoms with E-state index in [1.54, 1.807) is 30.2 Å². The Morgan fingerprint density at radius 3 is 2.76 bits per heavy atom. The van der Waals surface area contributed by atoms with Gasteiger partial charge in [0.05, 0.1) is 24.1 Å². The van der Waals surface area contributed by atoms with Crippen LogP contribution in [0.5, 0.6) is 5.75 Å². The number of carbonyl (C=O) groups is 1. The van der Waals surface area contributed by atoms with Gasteiger partial charge in [-0.15, -0.1) is 0 Å². The Balaban J connectivity index is 1.76. The summed E-state index contributed by atoms with van der Waals surface area (Å²) in [4.78, 5) is 33.9. The largest absolute Gasteiger partial charge is 0.483 e. The summed E-state index contributed by atoms with van der Waals surface area (Å²) in [5.74, 6) is 0.894. The highest BCUT2D eigenvalue weighted by Crippen LogP contribution is 2.19. The summed E-state index contributed by atoms with van der Waals surface area (Å²) >= 11 is 0. The van der Waals surface area contributed by atoms with Gasteiger partial charge >= 0.3 is 0 Å². The Morgan fingerprint density at radius 1 is 1.17 bits per heavy atom. The van der Waals surface area contributed by atoms with E-state index < -0.39 is 0 Å². The van der Waals surface area contributed by atoms with Gasteiger partial charge in [-0.2, -0.15) is 0 Å². The van der Waals surface area contributed by atoms with Gasteiger partial charge in [0.1, 0.15) is 11.6 Å². The van der Waals surface area contributed by atoms with Crippen LogP contribution in [0.4, 0.5) is 0 Å². The first kappa shape index (κ1) is 20.5. The summed E-state index contributed by atoms with van der Waals surface area (Å²) in [5.41, 5.74) is 2.40. The van der Waals surface area contributed by atoms with E-state index in [4.69, 9.17) is 9.47 Å². The Kier molecular flexibility index (Phi) is 6.61. The maximum Gasteiger partial charge on any atom is 0.260 e. The van der Waals surface area contributed by atoms with Gasteiger partial charge in [-0.1, -0.05) is 24.3 Å². The summed E-state index contributed by atoms with van der Waals surface area (Å²) in [5, 5.41) is 0.518. The number of aromatic nitrogens is 2. The lowest BCUT2D eigenvalue weighted by Crippen LogP contribution is -2.37. The summed E-state index contributed by atoms with van der Waals surface area (Å²) in [6.07, 6.45) is 0. The summed E-state index contributed by atoms with van der Waals surface area (Å²) in [6.45, 7) is 4.70. The van der Waals surface area contributed by atoms with Crippen LogP contribution in [-0.4, -0.2) is 47.6 Å². The molecule has 0 unspecified atom stereocenters. The zero-order valence-electron chi connectivity index (χ0n) is 16.9. The van der Waals surface area contributed by atoms with Crippen molar-refractivity contribution in [2.45, 2.75) is 20.4 Å². The summed E-state index contributed by atoms with van der Waals surface area (Å²) in [6, 6.07) is 13.0. The zero-order valence-corrected chi connectivity index (χ0v) is 16.9. The zero-order chi connectivity index (χ0) is 20.8. The lowest BCUT2D eigenvalue weighted by molar-refractivity contribution is -0.134. The molecule has 7 nitrogen and oxygen atoms in total. The Morgan fingerprint density at radius 2 is 1.97 bits per heavy atom. The second kappa shape index (κ2) is 9.34. The van der Waals surface area contributed by atoms with Crippen LogP contribution in [0.2, 0.25) is 0 Å². The van der Waals surface area contributed by atoms with E-state index in [0.29, 0.717) is 35.6 Å². The normalized spacial score (nSPS) is 10.9. The number of hydrogen-bond acceptors (Lipinski definition) is 5. The van der Waals surface area contributed by atoms with Gasteiger partial charge < -0.3 is 19.4 Å². The third-order valence-corrected chi connectivity index (χ3v) is 4.62. The number of benzene rings is 2. The number of para-hydroxylation sites is 1. The average Bonchev–Trinajstić information content (AvgIpc) is 2.71. The molecule has 1 aromatic heterocycles. The third-order valence-electron chi connectivity index (χ3n) is 4.62. The van der Waals surface area contributed by atoms with Crippen LogP contribution in [0.3, 0.4) is 0 Å². The molecule has 0 aliphatic carbocycles. The van der Waals surface area contributed by atoms with Crippen molar-refractivity contribution < 1.29 is 14.3 Å². The summed E-state index contributed by atoms with van der Waals surface area (Å²) in [7, 11) is 1.57. The minimum atomic E-state index is -0.226. The van der Waals surface area contributed by atoms with Crippen LogP contribution < -0.4 is 10.3 Å². The molecule has 1 heterocycles. The molecule has 0 aliphatic rings. The number of ether oxygens (including phenoxy) is 2. The lowest BCUT2D eigenvalue weighted by atomic mass is 10.1. The van der Waals surface area contributed by atoms with Crippen molar-refractivity contribution in [1.82, 2.24) is 14.9 Å². The molecular weight excluding hydrogens is 370 g/mol. The maximum atomic E-state index is 12.8. The molecule has 1 amide bonds. The molecule has 0 fully saturated rings.